The van der Waals surface area contributed by atoms with Crippen LogP contribution in [0, 0.1) is 6.92 Å². The Kier molecular flexibility index (Phi) is 6.88. The van der Waals surface area contributed by atoms with Gasteiger partial charge in [0, 0.05) is 12.3 Å². The minimum atomic E-state index is -5.08. The minimum Gasteiger partial charge on any atom is -0.479 e. The molecule has 0 amide bonds. The number of nitrogens with zero attached hydrogens (tertiary/aromatic N) is 3. The molecule has 2 rings (SSSR count). The van der Waals surface area contributed by atoms with Gasteiger partial charge in [-0.1, -0.05) is 0 Å². The number of hydrogen-bond donors (Lipinski definition) is 2. The van der Waals surface area contributed by atoms with Gasteiger partial charge in [0.25, 0.3) is 0 Å². The molecule has 8 nitrogen and oxygen atoms in total. The average molecular weight is 373 g/mol. The highest BCUT2D eigenvalue weighted by molar-refractivity contribution is 5.84. The van der Waals surface area contributed by atoms with Crippen molar-refractivity contribution in [2.24, 2.45) is 0 Å². The fourth-order valence-electron chi connectivity index (χ4n) is 1.60. The lowest BCUT2D eigenvalue weighted by Crippen LogP contribution is -2.21. The van der Waals surface area contributed by atoms with Crippen molar-refractivity contribution in [1.82, 2.24) is 14.5 Å². The Morgan fingerprint density at radius 1 is 1.27 bits per heavy atom. The number of aliphatic carboxylic acids is 2. The molecule has 0 aliphatic heterocycles. The zero-order valence-electron chi connectivity index (χ0n) is 13.6. The van der Waals surface area contributed by atoms with E-state index < -0.39 is 18.1 Å². The first-order chi connectivity index (χ1) is 12.0. The molecule has 140 valence electrons. The van der Waals surface area contributed by atoms with E-state index in [0.717, 1.165) is 17.5 Å². The van der Waals surface area contributed by atoms with E-state index in [1.165, 1.54) is 13.2 Å². The van der Waals surface area contributed by atoms with Gasteiger partial charge in [0.1, 0.15) is 5.69 Å². The van der Waals surface area contributed by atoms with Crippen LogP contribution in [0.25, 0.3) is 11.8 Å². The van der Waals surface area contributed by atoms with Gasteiger partial charge in [0.15, 0.2) is 0 Å². The molecule has 0 saturated heterocycles. The molecule has 0 radical (unpaired) electrons. The van der Waals surface area contributed by atoms with Crippen LogP contribution in [0.15, 0.2) is 30.7 Å². The minimum absolute atomic E-state index is 0.407. The van der Waals surface area contributed by atoms with Gasteiger partial charge in [-0.2, -0.15) is 13.2 Å². The average Bonchev–Trinajstić information content (AvgIpc) is 2.98. The highest BCUT2D eigenvalue weighted by Crippen LogP contribution is 2.21. The van der Waals surface area contributed by atoms with Gasteiger partial charge in [-0.25, -0.2) is 19.6 Å². The fraction of sp³-hybridized carbons (Fsp3) is 0.200. The lowest BCUT2D eigenvalue weighted by atomic mass is 10.3. The molecule has 0 fully saturated rings. The molecule has 0 aliphatic carbocycles. The molecule has 2 aromatic heterocycles. The SMILES string of the molecule is COc1nc(C=CC(=O)O)ccc1-n1cnc(C)c1.O=C(O)C(F)(F)F. The van der Waals surface area contributed by atoms with Crippen LogP contribution in [0.2, 0.25) is 0 Å². The van der Waals surface area contributed by atoms with E-state index in [1.807, 2.05) is 13.1 Å². The Balaban J connectivity index is 0.000000412. The number of carbonyl (C=O) groups is 2. The molecule has 0 aliphatic rings. The molecular formula is C15H14F3N3O5. The molecule has 0 saturated carbocycles. The first kappa shape index (κ1) is 20.7. The van der Waals surface area contributed by atoms with Crippen LogP contribution in [0.1, 0.15) is 11.4 Å². The van der Waals surface area contributed by atoms with Crippen molar-refractivity contribution in [3.8, 4) is 11.6 Å². The van der Waals surface area contributed by atoms with Crippen LogP contribution in [0.3, 0.4) is 0 Å². The number of halogens is 3. The second-order valence-corrected chi connectivity index (χ2v) is 4.66. The third kappa shape index (κ3) is 6.26. The topological polar surface area (TPSA) is 115 Å². The van der Waals surface area contributed by atoms with Crippen LogP contribution >= 0.6 is 0 Å². The van der Waals surface area contributed by atoms with Gasteiger partial charge < -0.3 is 19.5 Å². The summed E-state index contributed by atoms with van der Waals surface area (Å²) in [5.74, 6) is -3.37. The van der Waals surface area contributed by atoms with Gasteiger partial charge in [0.05, 0.1) is 24.8 Å². The number of carboxylic acid groups (broad SMARTS) is 2. The number of ether oxygens (including phenoxy) is 1. The van der Waals surface area contributed by atoms with Gasteiger partial charge in [-0.05, 0) is 25.1 Å². The van der Waals surface area contributed by atoms with Crippen LogP contribution in [-0.4, -0.2) is 50.0 Å². The van der Waals surface area contributed by atoms with Crippen LogP contribution in [0.4, 0.5) is 13.2 Å². The number of methoxy groups -OCH3 is 1. The van der Waals surface area contributed by atoms with Gasteiger partial charge in [-0.15, -0.1) is 0 Å². The number of hydrogen-bond acceptors (Lipinski definition) is 5. The third-order valence-electron chi connectivity index (χ3n) is 2.68. The van der Waals surface area contributed by atoms with Crippen LogP contribution in [0.5, 0.6) is 5.88 Å². The van der Waals surface area contributed by atoms with Crippen molar-refractivity contribution in [1.29, 1.82) is 0 Å². The Morgan fingerprint density at radius 3 is 2.31 bits per heavy atom. The van der Waals surface area contributed by atoms with E-state index in [2.05, 4.69) is 9.97 Å². The van der Waals surface area contributed by atoms with Crippen LogP contribution in [-0.2, 0) is 9.59 Å². The molecule has 2 aromatic rings. The summed E-state index contributed by atoms with van der Waals surface area (Å²) < 4.78 is 38.7. The standard InChI is InChI=1S/C13H13N3O3.C2HF3O2/c1-9-7-16(8-14-9)11-5-3-10(4-6-12(17)18)15-13(11)19-2;3-2(4,5)1(6)7/h3-8H,1-2H3,(H,17,18);(H,6,7). The maximum atomic E-state index is 10.6. The normalized spacial score (nSPS) is 11.0. The van der Waals surface area contributed by atoms with E-state index in [1.54, 1.807) is 23.0 Å². The number of imidazole rings is 1. The van der Waals surface area contributed by atoms with E-state index >= 15 is 0 Å². The maximum Gasteiger partial charge on any atom is 0.490 e. The molecule has 2 heterocycles. The summed E-state index contributed by atoms with van der Waals surface area (Å²) in [6.45, 7) is 1.89. The van der Waals surface area contributed by atoms with Gasteiger partial charge in [-0.3, -0.25) is 0 Å². The van der Waals surface area contributed by atoms with E-state index in [0.29, 0.717) is 11.6 Å². The largest absolute Gasteiger partial charge is 0.490 e. The maximum absolute atomic E-state index is 10.6. The molecular weight excluding hydrogens is 359 g/mol. The molecule has 0 unspecified atom stereocenters. The number of aromatic nitrogens is 3. The quantitative estimate of drug-likeness (QED) is 0.791. The zero-order chi connectivity index (χ0) is 19.9. The van der Waals surface area contributed by atoms with Crippen molar-refractivity contribution >= 4 is 18.0 Å². The Labute approximate surface area is 145 Å². The van der Waals surface area contributed by atoms with Crippen LogP contribution < -0.4 is 4.74 Å². The summed E-state index contributed by atoms with van der Waals surface area (Å²) in [5.41, 5.74) is 2.15. The first-order valence-corrected chi connectivity index (χ1v) is 6.81. The highest BCUT2D eigenvalue weighted by atomic mass is 19.4. The highest BCUT2D eigenvalue weighted by Gasteiger charge is 2.38. The molecule has 0 atom stereocenters. The van der Waals surface area contributed by atoms with Crippen molar-refractivity contribution in [3.63, 3.8) is 0 Å². The lowest BCUT2D eigenvalue weighted by molar-refractivity contribution is -0.192. The molecule has 11 heteroatoms. The van der Waals surface area contributed by atoms with Gasteiger partial charge in [0.2, 0.25) is 5.88 Å². The zero-order valence-corrected chi connectivity index (χ0v) is 13.6. The molecule has 2 N–H and O–H groups in total. The smallest absolute Gasteiger partial charge is 0.479 e. The molecule has 0 spiro atoms. The second kappa shape index (κ2) is 8.65. The molecule has 26 heavy (non-hydrogen) atoms. The number of pyridine rings is 1. The van der Waals surface area contributed by atoms with Crippen molar-refractivity contribution in [2.45, 2.75) is 13.1 Å². The first-order valence-electron chi connectivity index (χ1n) is 6.81. The summed E-state index contributed by atoms with van der Waals surface area (Å²) >= 11 is 0. The Hall–Kier alpha value is -3.37. The number of carboxylic acids is 2. The van der Waals surface area contributed by atoms with E-state index in [-0.39, 0.29) is 0 Å². The molecule has 0 bridgehead atoms. The van der Waals surface area contributed by atoms with Crippen molar-refractivity contribution in [3.05, 3.63) is 42.1 Å². The fourth-order valence-corrected chi connectivity index (χ4v) is 1.60. The third-order valence-corrected chi connectivity index (χ3v) is 2.68. The van der Waals surface area contributed by atoms with E-state index in [4.69, 9.17) is 19.7 Å². The summed E-state index contributed by atoms with van der Waals surface area (Å²) in [4.78, 5) is 27.7. The Bertz CT molecular complexity index is 815. The predicted molar refractivity (Wildman–Crippen MR) is 83.0 cm³/mol. The van der Waals surface area contributed by atoms with Gasteiger partial charge >= 0.3 is 18.1 Å². The Morgan fingerprint density at radius 2 is 1.88 bits per heavy atom. The number of alkyl halides is 3. The van der Waals surface area contributed by atoms with E-state index in [9.17, 15) is 18.0 Å². The monoisotopic (exact) mass is 373 g/mol. The lowest BCUT2D eigenvalue weighted by Gasteiger charge is -2.08. The number of rotatable bonds is 4. The summed E-state index contributed by atoms with van der Waals surface area (Å²) in [5, 5.41) is 15.7. The second-order valence-electron chi connectivity index (χ2n) is 4.66. The molecule has 0 aromatic carbocycles. The summed E-state index contributed by atoms with van der Waals surface area (Å²) in [6.07, 6.45) is 0.879. The summed E-state index contributed by atoms with van der Waals surface area (Å²) in [7, 11) is 1.51. The van der Waals surface area contributed by atoms with Crippen molar-refractivity contribution < 1.29 is 37.7 Å². The van der Waals surface area contributed by atoms with Crippen molar-refractivity contribution in [2.75, 3.05) is 7.11 Å². The summed E-state index contributed by atoms with van der Waals surface area (Å²) in [6, 6.07) is 3.51. The predicted octanol–water partition coefficient (Wildman–Crippen LogP) is 2.32. The number of aryl methyl sites for hydroxylation is 1.